The maximum atomic E-state index is 12.6. The van der Waals surface area contributed by atoms with Crippen LogP contribution in [0.3, 0.4) is 0 Å². The number of benzene rings is 1. The van der Waals surface area contributed by atoms with E-state index in [0.717, 1.165) is 4.88 Å². The minimum atomic E-state index is -0.120. The topological polar surface area (TPSA) is 49.9 Å². The molecule has 0 N–H and O–H groups in total. The SMILES string of the molecule is COc1ccc(C(=O)N2CCN(C(=O)c3cccs3)CC2)c(Cl)c1. The molecule has 0 saturated carbocycles. The molecule has 7 heteroatoms. The van der Waals surface area contributed by atoms with Crippen molar-refractivity contribution in [1.29, 1.82) is 0 Å². The minimum Gasteiger partial charge on any atom is -0.497 e. The standard InChI is InChI=1S/C17H17ClN2O3S/c1-23-12-4-5-13(14(18)11-12)16(21)19-6-8-20(9-7-19)17(22)15-3-2-10-24-15/h2-5,10-11H,6-9H2,1H3. The lowest BCUT2D eigenvalue weighted by atomic mass is 10.1. The van der Waals surface area contributed by atoms with Crippen LogP contribution in [0.5, 0.6) is 5.75 Å². The van der Waals surface area contributed by atoms with Gasteiger partial charge in [-0.25, -0.2) is 0 Å². The van der Waals surface area contributed by atoms with Gasteiger partial charge in [-0.1, -0.05) is 17.7 Å². The van der Waals surface area contributed by atoms with Gasteiger partial charge in [0, 0.05) is 26.2 Å². The number of ether oxygens (including phenoxy) is 1. The molecule has 0 spiro atoms. The van der Waals surface area contributed by atoms with Gasteiger partial charge in [-0.05, 0) is 29.6 Å². The zero-order valence-electron chi connectivity index (χ0n) is 13.2. The van der Waals surface area contributed by atoms with Crippen LogP contribution in [-0.4, -0.2) is 54.9 Å². The van der Waals surface area contributed by atoms with E-state index in [1.54, 1.807) is 35.1 Å². The van der Waals surface area contributed by atoms with Crippen LogP contribution in [0.2, 0.25) is 5.02 Å². The molecule has 2 amide bonds. The average Bonchev–Trinajstić information content (AvgIpc) is 3.15. The van der Waals surface area contributed by atoms with Crippen LogP contribution in [0.4, 0.5) is 0 Å². The van der Waals surface area contributed by atoms with Crippen LogP contribution in [0.1, 0.15) is 20.0 Å². The Bertz CT molecular complexity index is 740. The summed E-state index contributed by atoms with van der Waals surface area (Å²) < 4.78 is 5.10. The summed E-state index contributed by atoms with van der Waals surface area (Å²) in [7, 11) is 1.55. The van der Waals surface area contributed by atoms with Crippen LogP contribution in [0.25, 0.3) is 0 Å². The Morgan fingerprint density at radius 1 is 1.08 bits per heavy atom. The van der Waals surface area contributed by atoms with Gasteiger partial charge in [-0.15, -0.1) is 11.3 Å². The fraction of sp³-hybridized carbons (Fsp3) is 0.294. The summed E-state index contributed by atoms with van der Waals surface area (Å²) in [5.41, 5.74) is 0.454. The maximum absolute atomic E-state index is 12.6. The molecule has 24 heavy (non-hydrogen) atoms. The molecule has 2 aromatic rings. The van der Waals surface area contributed by atoms with E-state index in [0.29, 0.717) is 42.5 Å². The fourth-order valence-electron chi connectivity index (χ4n) is 2.64. The first-order chi connectivity index (χ1) is 11.6. The van der Waals surface area contributed by atoms with Crippen molar-refractivity contribution < 1.29 is 14.3 Å². The number of piperazine rings is 1. The van der Waals surface area contributed by atoms with Crippen LogP contribution < -0.4 is 4.74 Å². The Morgan fingerprint density at radius 3 is 2.29 bits per heavy atom. The Morgan fingerprint density at radius 2 is 1.75 bits per heavy atom. The molecular weight excluding hydrogens is 348 g/mol. The number of halogens is 1. The van der Waals surface area contributed by atoms with Gasteiger partial charge in [-0.3, -0.25) is 9.59 Å². The molecule has 5 nitrogen and oxygen atoms in total. The monoisotopic (exact) mass is 364 g/mol. The van der Waals surface area contributed by atoms with Crippen molar-refractivity contribution in [1.82, 2.24) is 9.80 Å². The third-order valence-electron chi connectivity index (χ3n) is 3.99. The molecule has 2 heterocycles. The van der Waals surface area contributed by atoms with Crippen LogP contribution in [0.15, 0.2) is 35.7 Å². The third kappa shape index (κ3) is 3.39. The number of rotatable bonds is 3. The predicted molar refractivity (Wildman–Crippen MR) is 94.1 cm³/mol. The smallest absolute Gasteiger partial charge is 0.264 e. The highest BCUT2D eigenvalue weighted by molar-refractivity contribution is 7.12. The average molecular weight is 365 g/mol. The summed E-state index contributed by atoms with van der Waals surface area (Å²) in [6.45, 7) is 2.04. The first kappa shape index (κ1) is 16.8. The Balaban J connectivity index is 1.64. The molecule has 0 bridgehead atoms. The Kier molecular flexibility index (Phi) is 5.06. The van der Waals surface area contributed by atoms with Crippen molar-refractivity contribution in [2.24, 2.45) is 0 Å². The Labute approximate surface area is 149 Å². The van der Waals surface area contributed by atoms with E-state index in [4.69, 9.17) is 16.3 Å². The maximum Gasteiger partial charge on any atom is 0.264 e. The molecule has 1 fully saturated rings. The molecule has 0 radical (unpaired) electrons. The molecule has 0 atom stereocenters. The summed E-state index contributed by atoms with van der Waals surface area (Å²) in [5.74, 6) is 0.522. The molecule has 1 aromatic carbocycles. The molecule has 3 rings (SSSR count). The zero-order chi connectivity index (χ0) is 17.1. The number of methoxy groups -OCH3 is 1. The van der Waals surface area contributed by atoms with Gasteiger partial charge in [0.25, 0.3) is 11.8 Å². The van der Waals surface area contributed by atoms with Crippen molar-refractivity contribution in [2.45, 2.75) is 0 Å². The van der Waals surface area contributed by atoms with E-state index in [1.165, 1.54) is 11.3 Å². The number of hydrogen-bond donors (Lipinski definition) is 0. The quantitative estimate of drug-likeness (QED) is 0.841. The molecule has 0 unspecified atom stereocenters. The number of nitrogens with zero attached hydrogens (tertiary/aromatic N) is 2. The highest BCUT2D eigenvalue weighted by Crippen LogP contribution is 2.24. The number of carbonyl (C=O) groups excluding carboxylic acids is 2. The zero-order valence-corrected chi connectivity index (χ0v) is 14.8. The van der Waals surface area contributed by atoms with Gasteiger partial charge >= 0.3 is 0 Å². The van der Waals surface area contributed by atoms with Gasteiger partial charge in [0.1, 0.15) is 5.75 Å². The highest BCUT2D eigenvalue weighted by Gasteiger charge is 2.26. The molecule has 1 saturated heterocycles. The number of amides is 2. The van der Waals surface area contributed by atoms with Gasteiger partial charge in [0.05, 0.1) is 22.6 Å². The molecule has 1 aliphatic rings. The van der Waals surface area contributed by atoms with E-state index in [-0.39, 0.29) is 11.8 Å². The van der Waals surface area contributed by atoms with Crippen molar-refractivity contribution >= 4 is 34.8 Å². The van der Waals surface area contributed by atoms with Crippen LogP contribution >= 0.6 is 22.9 Å². The summed E-state index contributed by atoms with van der Waals surface area (Å²) >= 11 is 7.61. The lowest BCUT2D eigenvalue weighted by Gasteiger charge is -2.34. The predicted octanol–water partition coefficient (Wildman–Crippen LogP) is 3.01. The number of thiophene rings is 1. The largest absolute Gasteiger partial charge is 0.497 e. The van der Waals surface area contributed by atoms with Crippen LogP contribution in [-0.2, 0) is 0 Å². The van der Waals surface area contributed by atoms with E-state index >= 15 is 0 Å². The van der Waals surface area contributed by atoms with Crippen LogP contribution in [0, 0.1) is 0 Å². The van der Waals surface area contributed by atoms with E-state index in [2.05, 4.69) is 0 Å². The summed E-state index contributed by atoms with van der Waals surface area (Å²) in [4.78, 5) is 29.2. The molecule has 1 aliphatic heterocycles. The van der Waals surface area contributed by atoms with E-state index in [9.17, 15) is 9.59 Å². The number of hydrogen-bond acceptors (Lipinski definition) is 4. The van der Waals surface area contributed by atoms with E-state index < -0.39 is 0 Å². The van der Waals surface area contributed by atoms with Crippen molar-refractivity contribution in [3.63, 3.8) is 0 Å². The first-order valence-corrected chi connectivity index (χ1v) is 8.81. The van der Waals surface area contributed by atoms with Gasteiger partial charge < -0.3 is 14.5 Å². The van der Waals surface area contributed by atoms with Crippen molar-refractivity contribution in [3.8, 4) is 5.75 Å². The van der Waals surface area contributed by atoms with Gasteiger partial charge in [0.2, 0.25) is 0 Å². The summed E-state index contributed by atoms with van der Waals surface area (Å²) in [5, 5.41) is 2.26. The number of carbonyl (C=O) groups is 2. The summed E-state index contributed by atoms with van der Waals surface area (Å²) in [6.07, 6.45) is 0. The van der Waals surface area contributed by atoms with Gasteiger partial charge in [0.15, 0.2) is 0 Å². The lowest BCUT2D eigenvalue weighted by molar-refractivity contribution is 0.0538. The second-order valence-corrected chi connectivity index (χ2v) is 6.76. The molecule has 126 valence electrons. The Hall–Kier alpha value is -2.05. The third-order valence-corrected chi connectivity index (χ3v) is 5.16. The normalized spacial score (nSPS) is 14.6. The second-order valence-electron chi connectivity index (χ2n) is 5.41. The summed E-state index contributed by atoms with van der Waals surface area (Å²) in [6, 6.07) is 8.71. The fourth-order valence-corrected chi connectivity index (χ4v) is 3.58. The van der Waals surface area contributed by atoms with Crippen molar-refractivity contribution in [3.05, 3.63) is 51.2 Å². The highest BCUT2D eigenvalue weighted by atomic mass is 35.5. The molecule has 0 aliphatic carbocycles. The minimum absolute atomic E-state index is 0.0274. The molecular formula is C17H17ClN2O3S. The lowest BCUT2D eigenvalue weighted by Crippen LogP contribution is -2.50. The van der Waals surface area contributed by atoms with E-state index in [1.807, 2.05) is 17.5 Å². The first-order valence-electron chi connectivity index (χ1n) is 7.55. The molecule has 1 aromatic heterocycles. The second kappa shape index (κ2) is 7.23. The van der Waals surface area contributed by atoms with Crippen molar-refractivity contribution in [2.75, 3.05) is 33.3 Å². The van der Waals surface area contributed by atoms with Gasteiger partial charge in [-0.2, -0.15) is 0 Å².